The summed E-state index contributed by atoms with van der Waals surface area (Å²) in [6.07, 6.45) is 2.68. The molecule has 1 aliphatic heterocycles. The number of hydrogen-bond acceptors (Lipinski definition) is 1. The Morgan fingerprint density at radius 2 is 1.73 bits per heavy atom. The van der Waals surface area contributed by atoms with Gasteiger partial charge in [-0.3, -0.25) is 4.90 Å². The summed E-state index contributed by atoms with van der Waals surface area (Å²) in [7, 11) is 0. The Bertz CT molecular complexity index is 177. The van der Waals surface area contributed by atoms with Crippen LogP contribution in [0.5, 0.6) is 0 Å². The fourth-order valence-electron chi connectivity index (χ4n) is 1.66. The van der Waals surface area contributed by atoms with Gasteiger partial charge in [0.15, 0.2) is 0 Å². The van der Waals surface area contributed by atoms with Gasteiger partial charge < -0.3 is 0 Å². The van der Waals surface area contributed by atoms with Crippen LogP contribution < -0.4 is 0 Å². The van der Waals surface area contributed by atoms with Gasteiger partial charge in [-0.2, -0.15) is 0 Å². The first kappa shape index (κ1) is 8.62. The van der Waals surface area contributed by atoms with E-state index >= 15 is 0 Å². The fraction of sp³-hybridized carbons (Fsp3) is 0.800. The van der Waals surface area contributed by atoms with Crippen molar-refractivity contribution in [3.8, 4) is 11.8 Å². The minimum Gasteiger partial charge on any atom is -0.288 e. The van der Waals surface area contributed by atoms with E-state index in [-0.39, 0.29) is 5.54 Å². The van der Waals surface area contributed by atoms with Crippen molar-refractivity contribution in [2.24, 2.45) is 0 Å². The van der Waals surface area contributed by atoms with E-state index in [0.29, 0.717) is 0 Å². The van der Waals surface area contributed by atoms with Gasteiger partial charge in [-0.1, -0.05) is 5.92 Å². The molecule has 1 aliphatic rings. The molecule has 0 N–H and O–H groups in total. The van der Waals surface area contributed by atoms with E-state index < -0.39 is 0 Å². The number of rotatable bonds is 1. The van der Waals surface area contributed by atoms with Crippen molar-refractivity contribution in [2.45, 2.75) is 39.2 Å². The molecule has 0 aromatic carbocycles. The first-order chi connectivity index (χ1) is 5.17. The van der Waals surface area contributed by atoms with Gasteiger partial charge in [0.05, 0.1) is 5.54 Å². The van der Waals surface area contributed by atoms with Crippen LogP contribution in [-0.4, -0.2) is 23.5 Å². The van der Waals surface area contributed by atoms with Crippen LogP contribution in [0.4, 0.5) is 0 Å². The van der Waals surface area contributed by atoms with E-state index in [9.17, 15) is 0 Å². The predicted molar refractivity (Wildman–Crippen MR) is 48.3 cm³/mol. The van der Waals surface area contributed by atoms with Gasteiger partial charge in [0.1, 0.15) is 0 Å². The molecule has 1 nitrogen and oxygen atoms in total. The van der Waals surface area contributed by atoms with E-state index in [0.717, 1.165) is 0 Å². The molecule has 1 rings (SSSR count). The lowest BCUT2D eigenvalue weighted by molar-refractivity contribution is 0.214. The molecule has 1 fully saturated rings. The van der Waals surface area contributed by atoms with Gasteiger partial charge in [-0.15, -0.1) is 5.92 Å². The third-order valence-corrected chi connectivity index (χ3v) is 2.33. The van der Waals surface area contributed by atoms with Crippen molar-refractivity contribution in [2.75, 3.05) is 13.1 Å². The average molecular weight is 151 g/mol. The Balaban J connectivity index is 2.60. The lowest BCUT2D eigenvalue weighted by Crippen LogP contribution is -2.40. The smallest absolute Gasteiger partial charge is 0.0768 e. The maximum Gasteiger partial charge on any atom is 0.0768 e. The molecule has 0 aromatic rings. The monoisotopic (exact) mass is 151 g/mol. The molecule has 1 heterocycles. The van der Waals surface area contributed by atoms with Crippen LogP contribution >= 0.6 is 0 Å². The highest BCUT2D eigenvalue weighted by Crippen LogP contribution is 2.19. The third kappa shape index (κ3) is 1.97. The van der Waals surface area contributed by atoms with E-state index in [2.05, 4.69) is 30.6 Å². The lowest BCUT2D eigenvalue weighted by atomic mass is 10.0. The van der Waals surface area contributed by atoms with Crippen LogP contribution in [-0.2, 0) is 0 Å². The molecule has 0 amide bonds. The molecule has 0 saturated carbocycles. The van der Waals surface area contributed by atoms with Crippen LogP contribution in [0.3, 0.4) is 0 Å². The molecule has 62 valence electrons. The van der Waals surface area contributed by atoms with Crippen molar-refractivity contribution in [3.05, 3.63) is 0 Å². The van der Waals surface area contributed by atoms with Crippen molar-refractivity contribution >= 4 is 0 Å². The molecule has 0 unspecified atom stereocenters. The quantitative estimate of drug-likeness (QED) is 0.517. The fourth-order valence-corrected chi connectivity index (χ4v) is 1.66. The van der Waals surface area contributed by atoms with Crippen LogP contribution in [0.15, 0.2) is 0 Å². The van der Waals surface area contributed by atoms with Gasteiger partial charge in [0.25, 0.3) is 0 Å². The molecular weight excluding hydrogens is 134 g/mol. The number of nitrogens with zero attached hydrogens (tertiary/aromatic N) is 1. The van der Waals surface area contributed by atoms with Crippen molar-refractivity contribution in [1.29, 1.82) is 0 Å². The second-order valence-corrected chi connectivity index (χ2v) is 3.63. The van der Waals surface area contributed by atoms with Crippen molar-refractivity contribution < 1.29 is 0 Å². The maximum atomic E-state index is 3.24. The summed E-state index contributed by atoms with van der Waals surface area (Å²) in [5.41, 5.74) is 0.102. The molecule has 1 heteroatoms. The second-order valence-electron chi connectivity index (χ2n) is 3.63. The molecule has 0 radical (unpaired) electrons. The largest absolute Gasteiger partial charge is 0.288 e. The van der Waals surface area contributed by atoms with Crippen LogP contribution in [0.2, 0.25) is 0 Å². The predicted octanol–water partition coefficient (Wildman–Crippen LogP) is 1.88. The second kappa shape index (κ2) is 3.28. The Morgan fingerprint density at radius 3 is 2.18 bits per heavy atom. The SMILES string of the molecule is CC#CC(C)(C)N1CCCC1. The number of hydrogen-bond donors (Lipinski definition) is 0. The molecular formula is C10H17N. The van der Waals surface area contributed by atoms with Gasteiger partial charge in [0.2, 0.25) is 0 Å². The summed E-state index contributed by atoms with van der Waals surface area (Å²) in [5.74, 6) is 6.23. The van der Waals surface area contributed by atoms with Crippen LogP contribution in [0.25, 0.3) is 0 Å². The highest BCUT2D eigenvalue weighted by Gasteiger charge is 2.26. The van der Waals surface area contributed by atoms with Gasteiger partial charge in [0, 0.05) is 0 Å². The Kier molecular flexibility index (Phi) is 2.57. The molecule has 0 spiro atoms. The third-order valence-electron chi connectivity index (χ3n) is 2.33. The van der Waals surface area contributed by atoms with Crippen LogP contribution in [0.1, 0.15) is 33.6 Å². The zero-order valence-corrected chi connectivity index (χ0v) is 7.78. The summed E-state index contributed by atoms with van der Waals surface area (Å²) < 4.78 is 0. The molecule has 11 heavy (non-hydrogen) atoms. The topological polar surface area (TPSA) is 3.24 Å². The summed E-state index contributed by atoms with van der Waals surface area (Å²) in [6, 6.07) is 0. The van der Waals surface area contributed by atoms with E-state index in [1.165, 1.54) is 25.9 Å². The Morgan fingerprint density at radius 1 is 1.18 bits per heavy atom. The Labute approximate surface area is 69.8 Å². The highest BCUT2D eigenvalue weighted by atomic mass is 15.2. The molecule has 0 bridgehead atoms. The number of likely N-dealkylation sites (tertiary alicyclic amines) is 1. The lowest BCUT2D eigenvalue weighted by Gasteiger charge is -2.30. The van der Waals surface area contributed by atoms with Crippen molar-refractivity contribution in [3.63, 3.8) is 0 Å². The zero-order valence-electron chi connectivity index (χ0n) is 7.78. The molecule has 0 aromatic heterocycles. The zero-order chi connectivity index (χ0) is 8.32. The summed E-state index contributed by atoms with van der Waals surface area (Å²) in [6.45, 7) is 8.77. The van der Waals surface area contributed by atoms with Gasteiger partial charge in [-0.05, 0) is 46.7 Å². The van der Waals surface area contributed by atoms with E-state index in [4.69, 9.17) is 0 Å². The maximum absolute atomic E-state index is 3.24. The standard InChI is InChI=1S/C10H17N/c1-4-7-10(2,3)11-8-5-6-9-11/h5-6,8-9H2,1-3H3. The Hall–Kier alpha value is -0.480. The van der Waals surface area contributed by atoms with Crippen LogP contribution in [0, 0.1) is 11.8 Å². The van der Waals surface area contributed by atoms with E-state index in [1.54, 1.807) is 0 Å². The molecule has 1 saturated heterocycles. The van der Waals surface area contributed by atoms with E-state index in [1.807, 2.05) is 6.92 Å². The van der Waals surface area contributed by atoms with Gasteiger partial charge in [-0.25, -0.2) is 0 Å². The summed E-state index contributed by atoms with van der Waals surface area (Å²) >= 11 is 0. The minimum absolute atomic E-state index is 0.102. The van der Waals surface area contributed by atoms with Gasteiger partial charge >= 0.3 is 0 Å². The summed E-state index contributed by atoms with van der Waals surface area (Å²) in [5, 5.41) is 0. The van der Waals surface area contributed by atoms with Crippen molar-refractivity contribution in [1.82, 2.24) is 4.90 Å². The molecule has 0 atom stereocenters. The molecule has 0 aliphatic carbocycles. The summed E-state index contributed by atoms with van der Waals surface area (Å²) in [4.78, 5) is 2.46. The first-order valence-corrected chi connectivity index (χ1v) is 4.36. The first-order valence-electron chi connectivity index (χ1n) is 4.36. The normalized spacial score (nSPS) is 19.5. The highest BCUT2D eigenvalue weighted by molar-refractivity contribution is 5.13. The minimum atomic E-state index is 0.102. The average Bonchev–Trinajstić information content (AvgIpc) is 2.37.